The lowest BCUT2D eigenvalue weighted by Gasteiger charge is -2.07. The van der Waals surface area contributed by atoms with Crippen LogP contribution >= 0.6 is 11.6 Å². The second kappa shape index (κ2) is 5.52. The van der Waals surface area contributed by atoms with Crippen LogP contribution in [0.3, 0.4) is 0 Å². The average Bonchev–Trinajstić information content (AvgIpc) is 2.38. The third-order valence-electron chi connectivity index (χ3n) is 2.54. The number of hydrogen-bond donors (Lipinski definition) is 1. The van der Waals surface area contributed by atoms with Gasteiger partial charge in [0.05, 0.1) is 22.8 Å². The Morgan fingerprint density at radius 2 is 2.17 bits per heavy atom. The number of halogens is 1. The average molecular weight is 258 g/mol. The maximum atomic E-state index is 8.78. The topological polar surface area (TPSA) is 48.7 Å². The molecule has 4 heteroatoms. The van der Waals surface area contributed by atoms with E-state index < -0.39 is 0 Å². The van der Waals surface area contributed by atoms with Crippen molar-refractivity contribution in [3.8, 4) is 6.07 Å². The fraction of sp³-hybridized carbons (Fsp3) is 0.143. The first kappa shape index (κ1) is 12.4. The van der Waals surface area contributed by atoms with Gasteiger partial charge in [-0.25, -0.2) is 0 Å². The second-order valence-corrected chi connectivity index (χ2v) is 4.39. The van der Waals surface area contributed by atoms with Gasteiger partial charge in [0.15, 0.2) is 0 Å². The second-order valence-electron chi connectivity index (χ2n) is 3.99. The zero-order chi connectivity index (χ0) is 13.0. The van der Waals surface area contributed by atoms with E-state index in [4.69, 9.17) is 16.9 Å². The molecule has 1 aromatic heterocycles. The Balaban J connectivity index is 2.04. The van der Waals surface area contributed by atoms with Gasteiger partial charge in [-0.1, -0.05) is 17.7 Å². The van der Waals surface area contributed by atoms with Crippen LogP contribution in [0.5, 0.6) is 0 Å². The quantitative estimate of drug-likeness (QED) is 0.915. The van der Waals surface area contributed by atoms with Gasteiger partial charge in [-0.2, -0.15) is 5.26 Å². The number of nitrogens with one attached hydrogen (secondary N) is 1. The fourth-order valence-corrected chi connectivity index (χ4v) is 1.73. The summed E-state index contributed by atoms with van der Waals surface area (Å²) < 4.78 is 0. The van der Waals surface area contributed by atoms with E-state index in [1.165, 1.54) is 0 Å². The minimum absolute atomic E-state index is 0.458. The number of benzene rings is 1. The molecule has 0 aliphatic rings. The van der Waals surface area contributed by atoms with Gasteiger partial charge in [0, 0.05) is 11.9 Å². The van der Waals surface area contributed by atoms with Crippen molar-refractivity contribution in [2.24, 2.45) is 0 Å². The minimum Gasteiger partial charge on any atom is -0.379 e. The molecule has 0 saturated carbocycles. The lowest BCUT2D eigenvalue weighted by Crippen LogP contribution is -2.01. The van der Waals surface area contributed by atoms with Crippen LogP contribution in [0.15, 0.2) is 36.5 Å². The Morgan fingerprint density at radius 3 is 2.78 bits per heavy atom. The van der Waals surface area contributed by atoms with Crippen LogP contribution in [0.1, 0.15) is 16.8 Å². The molecule has 0 saturated heterocycles. The maximum Gasteiger partial charge on any atom is 0.101 e. The number of hydrogen-bond acceptors (Lipinski definition) is 3. The standard InChI is InChI=1S/C14H12ClN3/c1-10-2-4-13(17-8-10)9-18-12-5-3-11(7-16)14(15)6-12/h2-6,8,18H,9H2,1H3. The molecule has 0 bridgehead atoms. The number of nitrogens with zero attached hydrogens (tertiary/aromatic N) is 2. The van der Waals surface area contributed by atoms with E-state index in [2.05, 4.69) is 10.3 Å². The van der Waals surface area contributed by atoms with Gasteiger partial charge < -0.3 is 5.32 Å². The van der Waals surface area contributed by atoms with Crippen molar-refractivity contribution in [2.75, 3.05) is 5.32 Å². The molecular formula is C14H12ClN3. The Morgan fingerprint density at radius 1 is 1.33 bits per heavy atom. The number of rotatable bonds is 3. The Labute approximate surface area is 111 Å². The number of anilines is 1. The van der Waals surface area contributed by atoms with Gasteiger partial charge in [0.25, 0.3) is 0 Å². The highest BCUT2D eigenvalue weighted by Gasteiger charge is 2.01. The van der Waals surface area contributed by atoms with Crippen LogP contribution in [-0.2, 0) is 6.54 Å². The predicted octanol–water partition coefficient (Wildman–Crippen LogP) is 3.53. The first-order valence-electron chi connectivity index (χ1n) is 5.54. The molecule has 18 heavy (non-hydrogen) atoms. The van der Waals surface area contributed by atoms with Gasteiger partial charge in [-0.3, -0.25) is 4.98 Å². The van der Waals surface area contributed by atoms with Crippen molar-refractivity contribution in [3.05, 3.63) is 58.4 Å². The largest absolute Gasteiger partial charge is 0.379 e. The Hall–Kier alpha value is -2.05. The van der Waals surface area contributed by atoms with E-state index in [1.807, 2.05) is 37.4 Å². The number of nitriles is 1. The smallest absolute Gasteiger partial charge is 0.101 e. The number of aromatic nitrogens is 1. The molecule has 3 nitrogen and oxygen atoms in total. The van der Waals surface area contributed by atoms with Crippen molar-refractivity contribution in [2.45, 2.75) is 13.5 Å². The summed E-state index contributed by atoms with van der Waals surface area (Å²) in [7, 11) is 0. The fourth-order valence-electron chi connectivity index (χ4n) is 1.51. The van der Waals surface area contributed by atoms with E-state index in [9.17, 15) is 0 Å². The van der Waals surface area contributed by atoms with Crippen molar-refractivity contribution in [1.82, 2.24) is 4.98 Å². The minimum atomic E-state index is 0.458. The highest BCUT2D eigenvalue weighted by atomic mass is 35.5. The monoisotopic (exact) mass is 257 g/mol. The molecule has 0 radical (unpaired) electrons. The summed E-state index contributed by atoms with van der Waals surface area (Å²) in [5, 5.41) is 12.5. The Bertz CT molecular complexity index is 585. The van der Waals surface area contributed by atoms with Crippen LogP contribution in [-0.4, -0.2) is 4.98 Å². The molecule has 1 N–H and O–H groups in total. The summed E-state index contributed by atoms with van der Waals surface area (Å²) in [6, 6.07) is 11.3. The van der Waals surface area contributed by atoms with Crippen molar-refractivity contribution in [3.63, 3.8) is 0 Å². The highest BCUT2D eigenvalue weighted by Crippen LogP contribution is 2.20. The molecule has 0 atom stereocenters. The first-order valence-corrected chi connectivity index (χ1v) is 5.92. The van der Waals surface area contributed by atoms with Crippen LogP contribution < -0.4 is 5.32 Å². The van der Waals surface area contributed by atoms with Crippen LogP contribution in [0.4, 0.5) is 5.69 Å². The summed E-state index contributed by atoms with van der Waals surface area (Å²) in [6.45, 7) is 2.63. The Kier molecular flexibility index (Phi) is 3.81. The van der Waals surface area contributed by atoms with Crippen molar-refractivity contribution in [1.29, 1.82) is 5.26 Å². The molecule has 1 aromatic carbocycles. The number of aryl methyl sites for hydroxylation is 1. The molecule has 0 unspecified atom stereocenters. The van der Waals surface area contributed by atoms with E-state index in [-0.39, 0.29) is 0 Å². The summed E-state index contributed by atoms with van der Waals surface area (Å²) in [6.07, 6.45) is 1.84. The first-order chi connectivity index (χ1) is 8.69. The normalized spacial score (nSPS) is 9.83. The van der Waals surface area contributed by atoms with E-state index in [0.717, 1.165) is 16.9 Å². The molecular weight excluding hydrogens is 246 g/mol. The van der Waals surface area contributed by atoms with Gasteiger partial charge in [-0.15, -0.1) is 0 Å². The summed E-state index contributed by atoms with van der Waals surface area (Å²) in [5.41, 5.74) is 3.46. The van der Waals surface area contributed by atoms with Crippen molar-refractivity contribution < 1.29 is 0 Å². The van der Waals surface area contributed by atoms with Gasteiger partial charge in [-0.05, 0) is 36.8 Å². The molecule has 1 heterocycles. The summed E-state index contributed by atoms with van der Waals surface area (Å²) >= 11 is 5.95. The van der Waals surface area contributed by atoms with E-state index in [1.54, 1.807) is 12.1 Å². The van der Waals surface area contributed by atoms with Gasteiger partial charge in [0.1, 0.15) is 6.07 Å². The molecule has 0 amide bonds. The number of pyridine rings is 1. The van der Waals surface area contributed by atoms with Crippen LogP contribution in [0, 0.1) is 18.3 Å². The molecule has 0 spiro atoms. The van der Waals surface area contributed by atoms with Gasteiger partial charge in [0.2, 0.25) is 0 Å². The summed E-state index contributed by atoms with van der Waals surface area (Å²) in [5.74, 6) is 0. The zero-order valence-electron chi connectivity index (χ0n) is 9.94. The van der Waals surface area contributed by atoms with Crippen molar-refractivity contribution >= 4 is 17.3 Å². The van der Waals surface area contributed by atoms with Crippen LogP contribution in [0.2, 0.25) is 5.02 Å². The third kappa shape index (κ3) is 2.99. The molecule has 2 rings (SSSR count). The molecule has 0 aliphatic carbocycles. The third-order valence-corrected chi connectivity index (χ3v) is 2.85. The maximum absolute atomic E-state index is 8.78. The molecule has 0 aliphatic heterocycles. The lowest BCUT2D eigenvalue weighted by atomic mass is 10.2. The van der Waals surface area contributed by atoms with E-state index >= 15 is 0 Å². The molecule has 90 valence electrons. The van der Waals surface area contributed by atoms with E-state index in [0.29, 0.717) is 17.1 Å². The predicted molar refractivity (Wildman–Crippen MR) is 72.5 cm³/mol. The van der Waals surface area contributed by atoms with Gasteiger partial charge >= 0.3 is 0 Å². The summed E-state index contributed by atoms with van der Waals surface area (Å²) in [4.78, 5) is 4.30. The lowest BCUT2D eigenvalue weighted by molar-refractivity contribution is 1.04. The molecule has 0 fully saturated rings. The zero-order valence-corrected chi connectivity index (χ0v) is 10.7. The van der Waals surface area contributed by atoms with Crippen LogP contribution in [0.25, 0.3) is 0 Å². The highest BCUT2D eigenvalue weighted by molar-refractivity contribution is 6.32. The SMILES string of the molecule is Cc1ccc(CNc2ccc(C#N)c(Cl)c2)nc1. The molecule has 2 aromatic rings.